The van der Waals surface area contributed by atoms with Crippen molar-refractivity contribution < 1.29 is 13.9 Å². The lowest BCUT2D eigenvalue weighted by Gasteiger charge is -2.26. The van der Waals surface area contributed by atoms with Crippen molar-refractivity contribution >= 4 is 5.91 Å². The van der Waals surface area contributed by atoms with Gasteiger partial charge in [-0.15, -0.1) is 0 Å². The Bertz CT molecular complexity index is 445. The Labute approximate surface area is 112 Å². The minimum Gasteiger partial charge on any atom is -0.379 e. The zero-order valence-electron chi connectivity index (χ0n) is 11.1. The van der Waals surface area contributed by atoms with Crippen molar-refractivity contribution in [3.05, 3.63) is 35.1 Å². The summed E-state index contributed by atoms with van der Waals surface area (Å²) >= 11 is 0. The second-order valence-corrected chi connectivity index (χ2v) is 4.69. The third kappa shape index (κ3) is 4.01. The summed E-state index contributed by atoms with van der Waals surface area (Å²) in [6, 6.07) is 4.63. The normalized spacial score (nSPS) is 16.3. The first-order valence-corrected chi connectivity index (χ1v) is 6.51. The Kier molecular flexibility index (Phi) is 4.87. The number of rotatable bonds is 4. The van der Waals surface area contributed by atoms with E-state index in [0.29, 0.717) is 6.54 Å². The summed E-state index contributed by atoms with van der Waals surface area (Å²) in [4.78, 5) is 14.0. The lowest BCUT2D eigenvalue weighted by Crippen LogP contribution is -2.41. The van der Waals surface area contributed by atoms with E-state index in [4.69, 9.17) is 4.74 Å². The number of aryl methyl sites for hydroxylation is 1. The molecule has 4 nitrogen and oxygen atoms in total. The van der Waals surface area contributed by atoms with Gasteiger partial charge in [-0.05, 0) is 24.6 Å². The number of halogens is 1. The summed E-state index contributed by atoms with van der Waals surface area (Å²) < 4.78 is 18.8. The molecule has 5 heteroatoms. The van der Waals surface area contributed by atoms with Gasteiger partial charge in [0, 0.05) is 26.2 Å². The van der Waals surface area contributed by atoms with Crippen molar-refractivity contribution in [2.24, 2.45) is 0 Å². The lowest BCUT2D eigenvalue weighted by molar-refractivity contribution is 0.0383. The molecule has 1 saturated heterocycles. The van der Waals surface area contributed by atoms with Crippen LogP contribution in [0.15, 0.2) is 18.2 Å². The van der Waals surface area contributed by atoms with Crippen LogP contribution in [0.3, 0.4) is 0 Å². The van der Waals surface area contributed by atoms with Gasteiger partial charge in [0.1, 0.15) is 5.82 Å². The summed E-state index contributed by atoms with van der Waals surface area (Å²) in [7, 11) is 0. The van der Waals surface area contributed by atoms with Gasteiger partial charge in [0.2, 0.25) is 0 Å². The molecule has 0 radical (unpaired) electrons. The molecule has 0 unspecified atom stereocenters. The molecule has 2 rings (SSSR count). The molecule has 19 heavy (non-hydrogen) atoms. The van der Waals surface area contributed by atoms with Crippen LogP contribution in [0.25, 0.3) is 0 Å². The van der Waals surface area contributed by atoms with Gasteiger partial charge in [-0.25, -0.2) is 4.39 Å². The first-order chi connectivity index (χ1) is 9.16. The van der Waals surface area contributed by atoms with Gasteiger partial charge in [0.15, 0.2) is 0 Å². The number of hydrogen-bond acceptors (Lipinski definition) is 3. The molecule has 1 heterocycles. The third-order valence-corrected chi connectivity index (χ3v) is 3.19. The Hall–Kier alpha value is -1.46. The highest BCUT2D eigenvalue weighted by Crippen LogP contribution is 2.09. The van der Waals surface area contributed by atoms with Crippen molar-refractivity contribution in [1.82, 2.24) is 10.2 Å². The van der Waals surface area contributed by atoms with E-state index >= 15 is 0 Å². The van der Waals surface area contributed by atoms with Crippen LogP contribution in [0.1, 0.15) is 15.9 Å². The fourth-order valence-corrected chi connectivity index (χ4v) is 2.05. The Balaban J connectivity index is 1.80. The fourth-order valence-electron chi connectivity index (χ4n) is 2.05. The highest BCUT2D eigenvalue weighted by atomic mass is 19.1. The van der Waals surface area contributed by atoms with Crippen LogP contribution in [-0.4, -0.2) is 50.2 Å². The maximum atomic E-state index is 13.6. The SMILES string of the molecule is Cc1ccc(C(=O)NCCN2CCOCC2)c(F)c1. The highest BCUT2D eigenvalue weighted by Gasteiger charge is 2.13. The quantitative estimate of drug-likeness (QED) is 0.890. The molecule has 0 aromatic heterocycles. The Morgan fingerprint density at radius 3 is 2.84 bits per heavy atom. The minimum atomic E-state index is -0.469. The van der Waals surface area contributed by atoms with Gasteiger partial charge >= 0.3 is 0 Å². The van der Waals surface area contributed by atoms with Crippen LogP contribution in [0.4, 0.5) is 4.39 Å². The van der Waals surface area contributed by atoms with Crippen molar-refractivity contribution in [3.8, 4) is 0 Å². The molecular formula is C14H19FN2O2. The van der Waals surface area contributed by atoms with E-state index in [0.717, 1.165) is 38.4 Å². The van der Waals surface area contributed by atoms with Gasteiger partial charge in [-0.3, -0.25) is 9.69 Å². The predicted octanol–water partition coefficient (Wildman–Crippen LogP) is 1.20. The average Bonchev–Trinajstić information content (AvgIpc) is 2.39. The molecule has 0 saturated carbocycles. The number of nitrogens with zero attached hydrogens (tertiary/aromatic N) is 1. The molecule has 0 atom stereocenters. The van der Waals surface area contributed by atoms with Crippen molar-refractivity contribution in [1.29, 1.82) is 0 Å². The Morgan fingerprint density at radius 2 is 2.16 bits per heavy atom. The number of morpholine rings is 1. The van der Waals surface area contributed by atoms with Gasteiger partial charge in [0.25, 0.3) is 5.91 Å². The van der Waals surface area contributed by atoms with E-state index in [1.54, 1.807) is 13.0 Å². The van der Waals surface area contributed by atoms with E-state index in [9.17, 15) is 9.18 Å². The standard InChI is InChI=1S/C14H19FN2O2/c1-11-2-3-12(13(15)10-11)14(18)16-4-5-17-6-8-19-9-7-17/h2-3,10H,4-9H2,1H3,(H,16,18). The fraction of sp³-hybridized carbons (Fsp3) is 0.500. The van der Waals surface area contributed by atoms with Gasteiger partial charge in [-0.1, -0.05) is 6.07 Å². The zero-order valence-corrected chi connectivity index (χ0v) is 11.1. The zero-order chi connectivity index (χ0) is 13.7. The average molecular weight is 266 g/mol. The van der Waals surface area contributed by atoms with Crippen molar-refractivity contribution in [2.45, 2.75) is 6.92 Å². The molecule has 1 fully saturated rings. The van der Waals surface area contributed by atoms with Crippen molar-refractivity contribution in [3.63, 3.8) is 0 Å². The van der Waals surface area contributed by atoms with Gasteiger partial charge < -0.3 is 10.1 Å². The molecule has 0 bridgehead atoms. The van der Waals surface area contributed by atoms with Crippen LogP contribution in [0, 0.1) is 12.7 Å². The molecule has 1 aliphatic heterocycles. The van der Waals surface area contributed by atoms with Crippen molar-refractivity contribution in [2.75, 3.05) is 39.4 Å². The summed E-state index contributed by atoms with van der Waals surface area (Å²) in [5, 5.41) is 2.75. The largest absolute Gasteiger partial charge is 0.379 e. The predicted molar refractivity (Wildman–Crippen MR) is 70.7 cm³/mol. The van der Waals surface area contributed by atoms with Crippen LogP contribution in [0.2, 0.25) is 0 Å². The molecule has 0 aliphatic carbocycles. The number of carbonyl (C=O) groups is 1. The van der Waals surface area contributed by atoms with Crippen LogP contribution in [-0.2, 0) is 4.74 Å². The van der Waals surface area contributed by atoms with E-state index in [1.807, 2.05) is 0 Å². The molecule has 104 valence electrons. The third-order valence-electron chi connectivity index (χ3n) is 3.19. The molecular weight excluding hydrogens is 247 g/mol. The molecule has 1 N–H and O–H groups in total. The van der Waals surface area contributed by atoms with Crippen LogP contribution < -0.4 is 5.32 Å². The van der Waals surface area contributed by atoms with E-state index in [-0.39, 0.29) is 11.5 Å². The molecule has 1 aromatic carbocycles. The van der Waals surface area contributed by atoms with E-state index < -0.39 is 5.82 Å². The summed E-state index contributed by atoms with van der Waals surface area (Å²) in [6.45, 7) is 6.32. The number of ether oxygens (including phenoxy) is 1. The second-order valence-electron chi connectivity index (χ2n) is 4.69. The van der Waals surface area contributed by atoms with Gasteiger partial charge in [-0.2, -0.15) is 0 Å². The van der Waals surface area contributed by atoms with Gasteiger partial charge in [0.05, 0.1) is 18.8 Å². The maximum absolute atomic E-state index is 13.6. The van der Waals surface area contributed by atoms with E-state index in [1.165, 1.54) is 12.1 Å². The number of carbonyl (C=O) groups excluding carboxylic acids is 1. The minimum absolute atomic E-state index is 0.104. The first kappa shape index (κ1) is 14.0. The molecule has 1 amide bonds. The van der Waals surface area contributed by atoms with Crippen LogP contribution in [0.5, 0.6) is 0 Å². The molecule has 0 spiro atoms. The summed E-state index contributed by atoms with van der Waals surface area (Å²) in [5.41, 5.74) is 0.912. The van der Waals surface area contributed by atoms with Crippen LogP contribution >= 0.6 is 0 Å². The topological polar surface area (TPSA) is 41.6 Å². The monoisotopic (exact) mass is 266 g/mol. The number of benzene rings is 1. The number of amides is 1. The lowest BCUT2D eigenvalue weighted by atomic mass is 10.1. The second kappa shape index (κ2) is 6.63. The van der Waals surface area contributed by atoms with E-state index in [2.05, 4.69) is 10.2 Å². The summed E-state index contributed by atoms with van der Waals surface area (Å²) in [6.07, 6.45) is 0. The molecule has 1 aliphatic rings. The Morgan fingerprint density at radius 1 is 1.42 bits per heavy atom. The maximum Gasteiger partial charge on any atom is 0.254 e. The first-order valence-electron chi connectivity index (χ1n) is 6.51. The summed E-state index contributed by atoms with van der Waals surface area (Å²) in [5.74, 6) is -0.824. The smallest absolute Gasteiger partial charge is 0.254 e. The number of hydrogen-bond donors (Lipinski definition) is 1. The number of nitrogens with one attached hydrogen (secondary N) is 1. The highest BCUT2D eigenvalue weighted by molar-refractivity contribution is 5.94. The molecule has 1 aromatic rings.